The van der Waals surface area contributed by atoms with Crippen LogP contribution >= 0.6 is 0 Å². The lowest BCUT2D eigenvalue weighted by molar-refractivity contribution is -0.127. The molecule has 5 heterocycles. The van der Waals surface area contributed by atoms with Crippen LogP contribution in [0.15, 0.2) is 30.9 Å². The fourth-order valence-electron chi connectivity index (χ4n) is 5.80. The van der Waals surface area contributed by atoms with Crippen LogP contribution in [0, 0.1) is 17.7 Å². The zero-order chi connectivity index (χ0) is 25.6. The van der Waals surface area contributed by atoms with Gasteiger partial charge in [0, 0.05) is 54.6 Å². The number of methoxy groups -OCH3 is 1. The molecule has 2 aliphatic heterocycles. The minimum Gasteiger partial charge on any atom is -0.481 e. The van der Waals surface area contributed by atoms with Crippen LogP contribution in [0.1, 0.15) is 48.3 Å². The molecule has 2 N–H and O–H groups in total. The van der Waals surface area contributed by atoms with Crippen LogP contribution < -0.4 is 10.1 Å². The van der Waals surface area contributed by atoms with Crippen LogP contribution in [-0.2, 0) is 17.8 Å². The molecule has 1 saturated heterocycles. The predicted molar refractivity (Wildman–Crippen MR) is 131 cm³/mol. The minimum absolute atomic E-state index is 0.0865. The van der Waals surface area contributed by atoms with Crippen molar-refractivity contribution < 1.29 is 18.7 Å². The third-order valence-electron chi connectivity index (χ3n) is 8.11. The quantitative estimate of drug-likeness (QED) is 0.530. The smallest absolute Gasteiger partial charge is 0.272 e. The molecule has 2 fully saturated rings. The predicted octanol–water partition coefficient (Wildman–Crippen LogP) is 2.58. The van der Waals surface area contributed by atoms with E-state index >= 15 is 0 Å². The van der Waals surface area contributed by atoms with E-state index in [1.54, 1.807) is 6.07 Å². The van der Waals surface area contributed by atoms with Crippen LogP contribution in [0.25, 0.3) is 11.3 Å². The maximum atomic E-state index is 14.3. The van der Waals surface area contributed by atoms with Gasteiger partial charge in [-0.05, 0) is 50.5 Å². The van der Waals surface area contributed by atoms with Crippen LogP contribution in [0.3, 0.4) is 0 Å². The molecular formula is C26H30FN7O3. The number of piperidine rings is 1. The Morgan fingerprint density at radius 1 is 1.24 bits per heavy atom. The van der Waals surface area contributed by atoms with Gasteiger partial charge in [0.1, 0.15) is 5.69 Å². The van der Waals surface area contributed by atoms with Crippen molar-refractivity contribution in [1.29, 1.82) is 0 Å². The van der Waals surface area contributed by atoms with Gasteiger partial charge in [-0.1, -0.05) is 0 Å². The summed E-state index contributed by atoms with van der Waals surface area (Å²) in [6, 6.07) is 3.01. The minimum atomic E-state index is -0.546. The fraction of sp³-hybridized carbons (Fsp3) is 0.500. The van der Waals surface area contributed by atoms with E-state index in [0.717, 1.165) is 38.4 Å². The van der Waals surface area contributed by atoms with Crippen molar-refractivity contribution in [3.63, 3.8) is 0 Å². The molecule has 0 bridgehead atoms. The van der Waals surface area contributed by atoms with E-state index < -0.39 is 5.82 Å². The number of imidazole rings is 1. The van der Waals surface area contributed by atoms with Gasteiger partial charge in [-0.25, -0.2) is 14.4 Å². The molecule has 194 valence electrons. The average molecular weight is 508 g/mol. The molecule has 1 aliphatic carbocycles. The second-order valence-electron chi connectivity index (χ2n) is 10.4. The number of amides is 2. The summed E-state index contributed by atoms with van der Waals surface area (Å²) in [5.74, 6) is -0.0464. The first kappa shape index (κ1) is 23.6. The number of carbonyl (C=O) groups is 2. The molecule has 6 rings (SSSR count). The number of ether oxygens (including phenoxy) is 1. The van der Waals surface area contributed by atoms with Crippen molar-refractivity contribution in [3.8, 4) is 17.1 Å². The van der Waals surface area contributed by atoms with Gasteiger partial charge in [0.25, 0.3) is 5.91 Å². The standard InChI is InChI=1S/C26H30FN7O3/c1-37-23-9-19(20(27)14-29-23)21-10-22(32-31-21)25(36)34-7-3-17(11-26(34)4-5-26)24(35)30-12-16-2-6-33-15-28-13-18(33)8-16/h9-10,13-17H,2-8,11-12H2,1H3,(H,30,35)(H,31,32)/t16?,17-/m0/s1. The monoisotopic (exact) mass is 507 g/mol. The molecule has 2 amide bonds. The Labute approximate surface area is 213 Å². The highest BCUT2D eigenvalue weighted by molar-refractivity contribution is 5.94. The Bertz CT molecular complexity index is 1330. The molecule has 1 unspecified atom stereocenters. The van der Waals surface area contributed by atoms with Gasteiger partial charge in [0.2, 0.25) is 11.8 Å². The molecule has 0 aromatic carbocycles. The number of fused-ring (bicyclic) bond motifs is 1. The summed E-state index contributed by atoms with van der Waals surface area (Å²) in [6.07, 6.45) is 9.86. The summed E-state index contributed by atoms with van der Waals surface area (Å²) in [7, 11) is 1.45. The van der Waals surface area contributed by atoms with E-state index in [4.69, 9.17) is 4.74 Å². The Morgan fingerprint density at radius 3 is 2.92 bits per heavy atom. The second kappa shape index (κ2) is 9.28. The first-order chi connectivity index (χ1) is 18.0. The summed E-state index contributed by atoms with van der Waals surface area (Å²) >= 11 is 0. The molecule has 10 nitrogen and oxygen atoms in total. The second-order valence-corrected chi connectivity index (χ2v) is 10.4. The fourth-order valence-corrected chi connectivity index (χ4v) is 5.80. The Morgan fingerprint density at radius 2 is 2.11 bits per heavy atom. The van der Waals surface area contributed by atoms with Crippen molar-refractivity contribution in [1.82, 2.24) is 34.9 Å². The highest BCUT2D eigenvalue weighted by Gasteiger charge is 2.54. The van der Waals surface area contributed by atoms with Gasteiger partial charge < -0.3 is 19.5 Å². The number of nitrogens with one attached hydrogen (secondary N) is 2. The molecule has 3 aromatic heterocycles. The van der Waals surface area contributed by atoms with E-state index in [0.29, 0.717) is 43.2 Å². The number of aromatic nitrogens is 5. The lowest BCUT2D eigenvalue weighted by atomic mass is 9.87. The molecule has 1 saturated carbocycles. The van der Waals surface area contributed by atoms with Gasteiger partial charge in [0.05, 0.1) is 25.3 Å². The van der Waals surface area contributed by atoms with Crippen molar-refractivity contribution >= 4 is 11.8 Å². The molecule has 37 heavy (non-hydrogen) atoms. The molecule has 1 spiro atoms. The SMILES string of the molecule is COc1cc(-c2cc(C(=O)N3CC[C@H](C(=O)NCC4CCn5cncc5C4)CC34CC4)[nH]n2)c(F)cn1. The van der Waals surface area contributed by atoms with Crippen molar-refractivity contribution in [2.75, 3.05) is 20.2 Å². The van der Waals surface area contributed by atoms with Crippen molar-refractivity contribution in [2.45, 2.75) is 50.6 Å². The highest BCUT2D eigenvalue weighted by atomic mass is 19.1. The van der Waals surface area contributed by atoms with Crippen LogP contribution in [0.4, 0.5) is 4.39 Å². The topological polar surface area (TPSA) is 118 Å². The van der Waals surface area contributed by atoms with Crippen LogP contribution in [-0.4, -0.2) is 67.2 Å². The Hall–Kier alpha value is -3.76. The van der Waals surface area contributed by atoms with E-state index in [2.05, 4.69) is 30.0 Å². The molecular weight excluding hydrogens is 477 g/mol. The largest absolute Gasteiger partial charge is 0.481 e. The number of hydrogen-bond donors (Lipinski definition) is 2. The van der Waals surface area contributed by atoms with E-state index in [1.807, 2.05) is 17.4 Å². The van der Waals surface area contributed by atoms with Gasteiger partial charge >= 0.3 is 0 Å². The zero-order valence-electron chi connectivity index (χ0n) is 20.7. The number of likely N-dealkylation sites (tertiary alicyclic amines) is 1. The number of aryl methyl sites for hydroxylation is 1. The number of halogens is 1. The molecule has 3 aliphatic rings. The lowest BCUT2D eigenvalue weighted by Gasteiger charge is -2.39. The van der Waals surface area contributed by atoms with Crippen LogP contribution in [0.2, 0.25) is 0 Å². The average Bonchev–Trinajstić information content (AvgIpc) is 3.31. The van der Waals surface area contributed by atoms with E-state index in [1.165, 1.54) is 18.9 Å². The number of nitrogens with zero attached hydrogens (tertiary/aromatic N) is 5. The maximum Gasteiger partial charge on any atom is 0.272 e. The maximum absolute atomic E-state index is 14.3. The molecule has 11 heteroatoms. The van der Waals surface area contributed by atoms with Gasteiger partial charge in [-0.2, -0.15) is 5.10 Å². The summed E-state index contributed by atoms with van der Waals surface area (Å²) < 4.78 is 21.6. The van der Waals surface area contributed by atoms with E-state index in [9.17, 15) is 14.0 Å². The number of hydrogen-bond acceptors (Lipinski definition) is 6. The summed E-state index contributed by atoms with van der Waals surface area (Å²) in [5, 5.41) is 10.1. The number of carbonyl (C=O) groups excluding carboxylic acids is 2. The number of H-pyrrole nitrogens is 1. The molecule has 3 aromatic rings. The lowest BCUT2D eigenvalue weighted by Crippen LogP contribution is -2.51. The first-order valence-corrected chi connectivity index (χ1v) is 12.8. The van der Waals surface area contributed by atoms with Gasteiger partial charge in [-0.3, -0.25) is 14.7 Å². The first-order valence-electron chi connectivity index (χ1n) is 12.8. The Kier molecular flexibility index (Phi) is 5.92. The van der Waals surface area contributed by atoms with Crippen LogP contribution in [0.5, 0.6) is 5.88 Å². The zero-order valence-corrected chi connectivity index (χ0v) is 20.7. The molecule has 2 atom stereocenters. The number of rotatable bonds is 6. The Balaban J connectivity index is 1.08. The third kappa shape index (κ3) is 4.47. The van der Waals surface area contributed by atoms with Crippen molar-refractivity contribution in [3.05, 3.63) is 48.1 Å². The summed E-state index contributed by atoms with van der Waals surface area (Å²) in [6.45, 7) is 2.12. The van der Waals surface area contributed by atoms with Crippen molar-refractivity contribution in [2.24, 2.45) is 11.8 Å². The molecule has 0 radical (unpaired) electrons. The van der Waals surface area contributed by atoms with E-state index in [-0.39, 0.29) is 34.7 Å². The summed E-state index contributed by atoms with van der Waals surface area (Å²) in [5.41, 5.74) is 1.76. The van der Waals surface area contributed by atoms with Gasteiger partial charge in [0.15, 0.2) is 5.82 Å². The number of pyridine rings is 1. The third-order valence-corrected chi connectivity index (χ3v) is 8.11. The van der Waals surface area contributed by atoms with Gasteiger partial charge in [-0.15, -0.1) is 0 Å². The summed E-state index contributed by atoms with van der Waals surface area (Å²) in [4.78, 5) is 36.4. The number of aromatic amines is 1. The normalized spacial score (nSPS) is 21.9. The highest BCUT2D eigenvalue weighted by Crippen LogP contribution is 2.50.